The number of halogens is 3. The monoisotopic (exact) mass is 245 g/mol. The lowest BCUT2D eigenvalue weighted by molar-refractivity contribution is -0.137. The minimum absolute atomic E-state index is 0.0579. The van der Waals surface area contributed by atoms with Crippen molar-refractivity contribution in [1.82, 2.24) is 4.98 Å². The van der Waals surface area contributed by atoms with E-state index in [0.717, 1.165) is 25.0 Å². The summed E-state index contributed by atoms with van der Waals surface area (Å²) in [6, 6.07) is 1.80. The Labute approximate surface area is 95.0 Å². The van der Waals surface area contributed by atoms with Crippen LogP contribution in [-0.4, -0.2) is 16.0 Å². The molecule has 1 aromatic rings. The zero-order valence-corrected chi connectivity index (χ0v) is 8.70. The standard InChI is InChI=1S/C10H10F3N3O/c11-10(12,13)6-3-7(5-1-2-5)15-8(4-6)9(14)16-17/h3-5,17H,1-2H2,(H2,14,16). The molecule has 0 bridgehead atoms. The predicted octanol–water partition coefficient (Wildman–Crippen LogP) is 2.07. The molecule has 4 nitrogen and oxygen atoms in total. The molecule has 1 fully saturated rings. The highest BCUT2D eigenvalue weighted by atomic mass is 19.4. The maximum Gasteiger partial charge on any atom is 0.416 e. The van der Waals surface area contributed by atoms with Crippen LogP contribution in [0, 0.1) is 0 Å². The van der Waals surface area contributed by atoms with Crippen molar-refractivity contribution in [3.05, 3.63) is 29.1 Å². The lowest BCUT2D eigenvalue weighted by atomic mass is 10.1. The summed E-state index contributed by atoms with van der Waals surface area (Å²) in [4.78, 5) is 3.96. The second-order valence-electron chi connectivity index (χ2n) is 3.92. The molecule has 17 heavy (non-hydrogen) atoms. The third kappa shape index (κ3) is 2.48. The lowest BCUT2D eigenvalue weighted by Crippen LogP contribution is -2.18. The van der Waals surface area contributed by atoms with Crippen molar-refractivity contribution in [2.24, 2.45) is 10.9 Å². The summed E-state index contributed by atoms with van der Waals surface area (Å²) < 4.78 is 37.9. The summed E-state index contributed by atoms with van der Waals surface area (Å²) in [5.74, 6) is -0.361. The molecule has 0 saturated heterocycles. The number of alkyl halides is 3. The van der Waals surface area contributed by atoms with E-state index in [0.29, 0.717) is 5.69 Å². The summed E-state index contributed by atoms with van der Waals surface area (Å²) in [6.45, 7) is 0. The largest absolute Gasteiger partial charge is 0.416 e. The number of hydrogen-bond acceptors (Lipinski definition) is 3. The molecule has 0 aliphatic heterocycles. The molecule has 0 aromatic carbocycles. The van der Waals surface area contributed by atoms with Crippen molar-refractivity contribution in [1.29, 1.82) is 0 Å². The van der Waals surface area contributed by atoms with Crippen LogP contribution >= 0.6 is 0 Å². The second kappa shape index (κ2) is 3.90. The molecule has 7 heteroatoms. The maximum atomic E-state index is 12.6. The van der Waals surface area contributed by atoms with Crippen LogP contribution in [0.15, 0.2) is 17.3 Å². The number of aromatic nitrogens is 1. The van der Waals surface area contributed by atoms with Gasteiger partial charge in [-0.15, -0.1) is 0 Å². The zero-order valence-electron chi connectivity index (χ0n) is 8.70. The number of nitrogens with two attached hydrogens (primary N) is 1. The third-order valence-electron chi connectivity index (χ3n) is 2.54. The van der Waals surface area contributed by atoms with Gasteiger partial charge in [-0.25, -0.2) is 4.98 Å². The molecular weight excluding hydrogens is 235 g/mol. The molecule has 0 radical (unpaired) electrons. The average molecular weight is 245 g/mol. The smallest absolute Gasteiger partial charge is 0.409 e. The van der Waals surface area contributed by atoms with Crippen molar-refractivity contribution in [3.8, 4) is 0 Å². The highest BCUT2D eigenvalue weighted by molar-refractivity contribution is 5.95. The molecule has 0 unspecified atom stereocenters. The van der Waals surface area contributed by atoms with E-state index in [2.05, 4.69) is 10.1 Å². The molecule has 0 atom stereocenters. The molecule has 92 valence electrons. The van der Waals surface area contributed by atoms with Crippen LogP contribution in [0.1, 0.15) is 35.7 Å². The van der Waals surface area contributed by atoms with E-state index < -0.39 is 17.6 Å². The van der Waals surface area contributed by atoms with Crippen molar-refractivity contribution < 1.29 is 18.4 Å². The Bertz CT molecular complexity index is 466. The first-order valence-corrected chi connectivity index (χ1v) is 4.99. The Kier molecular flexibility index (Phi) is 2.68. The average Bonchev–Trinajstić information content (AvgIpc) is 3.10. The fraction of sp³-hybridized carbons (Fsp3) is 0.400. The summed E-state index contributed by atoms with van der Waals surface area (Å²) in [7, 11) is 0. The molecule has 1 heterocycles. The van der Waals surface area contributed by atoms with Gasteiger partial charge in [-0.2, -0.15) is 13.2 Å². The molecule has 1 saturated carbocycles. The van der Waals surface area contributed by atoms with Crippen molar-refractivity contribution in [3.63, 3.8) is 0 Å². The van der Waals surface area contributed by atoms with Gasteiger partial charge in [0.25, 0.3) is 0 Å². The van der Waals surface area contributed by atoms with E-state index in [1.807, 2.05) is 0 Å². The number of oxime groups is 1. The minimum Gasteiger partial charge on any atom is -0.409 e. The molecule has 3 N–H and O–H groups in total. The Morgan fingerprint density at radius 3 is 2.53 bits per heavy atom. The summed E-state index contributed by atoms with van der Waals surface area (Å²) in [6.07, 6.45) is -2.81. The van der Waals surface area contributed by atoms with E-state index in [1.54, 1.807) is 0 Å². The Morgan fingerprint density at radius 2 is 2.06 bits per heavy atom. The number of pyridine rings is 1. The first-order valence-electron chi connectivity index (χ1n) is 4.99. The Hall–Kier alpha value is -1.79. The number of amidine groups is 1. The normalized spacial score (nSPS) is 17.2. The van der Waals surface area contributed by atoms with Gasteiger partial charge in [0, 0.05) is 11.6 Å². The predicted molar refractivity (Wildman–Crippen MR) is 53.7 cm³/mol. The summed E-state index contributed by atoms with van der Waals surface area (Å²) in [5.41, 5.74) is 4.64. The van der Waals surface area contributed by atoms with Crippen LogP contribution in [0.5, 0.6) is 0 Å². The quantitative estimate of drug-likeness (QED) is 0.362. The van der Waals surface area contributed by atoms with Gasteiger partial charge >= 0.3 is 6.18 Å². The van der Waals surface area contributed by atoms with Crippen LogP contribution in [0.4, 0.5) is 13.2 Å². The second-order valence-corrected chi connectivity index (χ2v) is 3.92. The van der Waals surface area contributed by atoms with Crippen LogP contribution in [0.3, 0.4) is 0 Å². The van der Waals surface area contributed by atoms with E-state index in [1.165, 1.54) is 0 Å². The fourth-order valence-corrected chi connectivity index (χ4v) is 1.49. The van der Waals surface area contributed by atoms with Gasteiger partial charge in [0.2, 0.25) is 0 Å². The first-order chi connectivity index (χ1) is 7.91. The molecule has 0 amide bonds. The van der Waals surface area contributed by atoms with Crippen molar-refractivity contribution >= 4 is 5.84 Å². The topological polar surface area (TPSA) is 71.5 Å². The van der Waals surface area contributed by atoms with Crippen molar-refractivity contribution in [2.75, 3.05) is 0 Å². The van der Waals surface area contributed by atoms with E-state index >= 15 is 0 Å². The van der Waals surface area contributed by atoms with Crippen molar-refractivity contribution in [2.45, 2.75) is 24.9 Å². The summed E-state index contributed by atoms with van der Waals surface area (Å²) >= 11 is 0. The Balaban J connectivity index is 2.50. The zero-order chi connectivity index (χ0) is 12.6. The number of hydrogen-bond donors (Lipinski definition) is 2. The van der Waals surface area contributed by atoms with Gasteiger partial charge in [-0.1, -0.05) is 5.16 Å². The van der Waals surface area contributed by atoms with E-state index in [9.17, 15) is 13.2 Å². The highest BCUT2D eigenvalue weighted by Crippen LogP contribution is 2.41. The summed E-state index contributed by atoms with van der Waals surface area (Å²) in [5, 5.41) is 11.1. The van der Waals surface area contributed by atoms with Crippen LogP contribution < -0.4 is 5.73 Å². The number of nitrogens with zero attached hydrogens (tertiary/aromatic N) is 2. The molecule has 1 aliphatic carbocycles. The first kappa shape index (κ1) is 11.7. The van der Waals surface area contributed by atoms with Crippen LogP contribution in [0.25, 0.3) is 0 Å². The SMILES string of the molecule is N/C(=N\O)c1cc(C(F)(F)F)cc(C2CC2)n1. The fourth-order valence-electron chi connectivity index (χ4n) is 1.49. The van der Waals surface area contributed by atoms with Gasteiger partial charge in [0.05, 0.1) is 5.56 Å². The van der Waals surface area contributed by atoms with Gasteiger partial charge < -0.3 is 10.9 Å². The minimum atomic E-state index is -4.46. The highest BCUT2D eigenvalue weighted by Gasteiger charge is 2.34. The van der Waals surface area contributed by atoms with E-state index in [4.69, 9.17) is 10.9 Å². The van der Waals surface area contributed by atoms with Crippen LogP contribution in [0.2, 0.25) is 0 Å². The number of rotatable bonds is 2. The molecular formula is C10H10F3N3O. The van der Waals surface area contributed by atoms with E-state index in [-0.39, 0.29) is 11.6 Å². The lowest BCUT2D eigenvalue weighted by Gasteiger charge is -2.10. The van der Waals surface area contributed by atoms with Gasteiger partial charge in [-0.05, 0) is 25.0 Å². The van der Waals surface area contributed by atoms with Crippen LogP contribution in [-0.2, 0) is 6.18 Å². The molecule has 1 aromatic heterocycles. The third-order valence-corrected chi connectivity index (χ3v) is 2.54. The molecule has 2 rings (SSSR count). The van der Waals surface area contributed by atoms with Gasteiger partial charge in [0.15, 0.2) is 5.84 Å². The van der Waals surface area contributed by atoms with Gasteiger partial charge in [-0.3, -0.25) is 0 Å². The maximum absolute atomic E-state index is 12.6. The molecule has 0 spiro atoms. The van der Waals surface area contributed by atoms with Gasteiger partial charge in [0.1, 0.15) is 5.69 Å². The molecule has 1 aliphatic rings. The Morgan fingerprint density at radius 1 is 1.41 bits per heavy atom.